The fourth-order valence-electron chi connectivity index (χ4n) is 2.16. The van der Waals surface area contributed by atoms with Gasteiger partial charge in [-0.1, -0.05) is 29.8 Å². The minimum atomic E-state index is -0.744. The number of nitrogens with one attached hydrogen (secondary N) is 1. The number of carbonyl (C=O) groups is 3. The summed E-state index contributed by atoms with van der Waals surface area (Å²) in [5.41, 5.74) is 1.05. The molecule has 0 fully saturated rings. The molecule has 26 heavy (non-hydrogen) atoms. The quantitative estimate of drug-likeness (QED) is 0.464. The Hall–Kier alpha value is -1.54. The number of benzene rings is 1. The number of esters is 2. The van der Waals surface area contributed by atoms with Crippen LogP contribution in [0.15, 0.2) is 27.6 Å². The summed E-state index contributed by atoms with van der Waals surface area (Å²) in [6.07, 6.45) is 0.449. The molecule has 6 nitrogen and oxygen atoms in total. The van der Waals surface area contributed by atoms with Crippen LogP contribution in [0.5, 0.6) is 0 Å². The lowest BCUT2D eigenvalue weighted by Gasteiger charge is -2.18. The van der Waals surface area contributed by atoms with Crippen LogP contribution >= 0.6 is 27.7 Å². The molecule has 0 heterocycles. The number of halogens is 1. The zero-order valence-corrected chi connectivity index (χ0v) is 17.7. The number of hydrogen-bond donors (Lipinski definition) is 1. The molecule has 0 radical (unpaired) electrons. The summed E-state index contributed by atoms with van der Waals surface area (Å²) in [7, 11) is 1.27. The Balaban J connectivity index is 2.42. The molecule has 1 N–H and O–H groups in total. The molecule has 1 aromatic rings. The molecule has 1 atom stereocenters. The largest absolute Gasteiger partial charge is 0.467 e. The topological polar surface area (TPSA) is 81.7 Å². The maximum absolute atomic E-state index is 11.9. The summed E-state index contributed by atoms with van der Waals surface area (Å²) in [5.74, 6) is -1.24. The summed E-state index contributed by atoms with van der Waals surface area (Å²) < 4.78 is 10.6. The molecule has 1 rings (SSSR count). The highest BCUT2D eigenvalue weighted by Crippen LogP contribution is 2.25. The number of carbonyl (C=O) groups excluding carboxylic acids is 3. The van der Waals surface area contributed by atoms with Crippen LogP contribution in [0.25, 0.3) is 0 Å². The van der Waals surface area contributed by atoms with Gasteiger partial charge in [-0.05, 0) is 43.0 Å². The second-order valence-corrected chi connectivity index (χ2v) is 8.06. The molecular formula is C18H24BrNO5S. The second kappa shape index (κ2) is 11.2. The van der Waals surface area contributed by atoms with Gasteiger partial charge in [-0.25, -0.2) is 4.79 Å². The van der Waals surface area contributed by atoms with Gasteiger partial charge in [-0.15, -0.1) is 11.8 Å². The first-order chi connectivity index (χ1) is 12.2. The summed E-state index contributed by atoms with van der Waals surface area (Å²) in [4.78, 5) is 36.4. The molecule has 0 spiro atoms. The smallest absolute Gasteiger partial charge is 0.328 e. The first kappa shape index (κ1) is 22.5. The highest BCUT2D eigenvalue weighted by atomic mass is 79.9. The molecule has 1 amide bonds. The summed E-state index contributed by atoms with van der Waals surface area (Å²) in [5, 5.41) is 2.54. The van der Waals surface area contributed by atoms with Crippen LogP contribution in [0.2, 0.25) is 0 Å². The zero-order chi connectivity index (χ0) is 19.7. The third-order valence-electron chi connectivity index (χ3n) is 3.37. The first-order valence-electron chi connectivity index (χ1n) is 8.14. The normalized spacial score (nSPS) is 11.8. The van der Waals surface area contributed by atoms with Gasteiger partial charge < -0.3 is 14.8 Å². The Morgan fingerprint density at radius 3 is 2.54 bits per heavy atom. The molecule has 0 aliphatic rings. The van der Waals surface area contributed by atoms with E-state index in [0.717, 1.165) is 14.9 Å². The minimum absolute atomic E-state index is 0.0994. The SMILES string of the molecule is COC(=O)C(CC(C)C)NC(=O)COC(=O)CSc1ccc(Br)cc1C. The van der Waals surface area contributed by atoms with E-state index in [4.69, 9.17) is 4.74 Å². The van der Waals surface area contributed by atoms with E-state index in [-0.39, 0.29) is 11.7 Å². The van der Waals surface area contributed by atoms with Crippen LogP contribution in [-0.4, -0.2) is 43.4 Å². The van der Waals surface area contributed by atoms with E-state index in [0.29, 0.717) is 6.42 Å². The van der Waals surface area contributed by atoms with E-state index in [1.807, 2.05) is 39.0 Å². The van der Waals surface area contributed by atoms with Crippen molar-refractivity contribution in [1.29, 1.82) is 0 Å². The fraction of sp³-hybridized carbons (Fsp3) is 0.500. The van der Waals surface area contributed by atoms with Gasteiger partial charge in [-0.3, -0.25) is 9.59 Å². The lowest BCUT2D eigenvalue weighted by Crippen LogP contribution is -2.44. The molecule has 0 saturated carbocycles. The third kappa shape index (κ3) is 8.23. The molecule has 8 heteroatoms. The van der Waals surface area contributed by atoms with Gasteiger partial charge in [0.25, 0.3) is 5.91 Å². The summed E-state index contributed by atoms with van der Waals surface area (Å²) >= 11 is 4.73. The zero-order valence-electron chi connectivity index (χ0n) is 15.3. The van der Waals surface area contributed by atoms with Crippen molar-refractivity contribution in [1.82, 2.24) is 5.32 Å². The molecule has 0 aliphatic carbocycles. The second-order valence-electron chi connectivity index (χ2n) is 6.13. The number of hydrogen-bond acceptors (Lipinski definition) is 6. The highest BCUT2D eigenvalue weighted by molar-refractivity contribution is 9.10. The molecule has 1 unspecified atom stereocenters. The van der Waals surface area contributed by atoms with Crippen molar-refractivity contribution < 1.29 is 23.9 Å². The van der Waals surface area contributed by atoms with Crippen LogP contribution in [-0.2, 0) is 23.9 Å². The van der Waals surface area contributed by atoms with Crippen LogP contribution in [0.3, 0.4) is 0 Å². The van der Waals surface area contributed by atoms with Gasteiger partial charge in [0.05, 0.1) is 12.9 Å². The van der Waals surface area contributed by atoms with E-state index >= 15 is 0 Å². The number of rotatable bonds is 9. The monoisotopic (exact) mass is 445 g/mol. The van der Waals surface area contributed by atoms with Gasteiger partial charge in [0.15, 0.2) is 6.61 Å². The molecule has 1 aromatic carbocycles. The van der Waals surface area contributed by atoms with Crippen molar-refractivity contribution in [3.8, 4) is 0 Å². The van der Waals surface area contributed by atoms with Gasteiger partial charge in [0.1, 0.15) is 6.04 Å². The summed E-state index contributed by atoms with van der Waals surface area (Å²) in [6, 6.07) is 5.03. The Labute approximate surface area is 166 Å². The number of ether oxygens (including phenoxy) is 2. The molecule has 0 bridgehead atoms. The average molecular weight is 446 g/mol. The Morgan fingerprint density at radius 2 is 1.96 bits per heavy atom. The predicted octanol–water partition coefficient (Wildman–Crippen LogP) is 3.10. The lowest BCUT2D eigenvalue weighted by molar-refractivity contribution is -0.149. The maximum Gasteiger partial charge on any atom is 0.328 e. The predicted molar refractivity (Wildman–Crippen MR) is 104 cm³/mol. The van der Waals surface area contributed by atoms with E-state index in [1.54, 1.807) is 0 Å². The van der Waals surface area contributed by atoms with Crippen molar-refractivity contribution in [3.05, 3.63) is 28.2 Å². The fourth-order valence-corrected chi connectivity index (χ4v) is 3.45. The minimum Gasteiger partial charge on any atom is -0.467 e. The highest BCUT2D eigenvalue weighted by Gasteiger charge is 2.23. The number of amides is 1. The number of aryl methyl sites for hydroxylation is 1. The Morgan fingerprint density at radius 1 is 1.27 bits per heavy atom. The van der Waals surface area contributed by atoms with Gasteiger partial charge >= 0.3 is 11.9 Å². The van der Waals surface area contributed by atoms with E-state index in [2.05, 4.69) is 26.0 Å². The van der Waals surface area contributed by atoms with E-state index < -0.39 is 30.5 Å². The molecular weight excluding hydrogens is 422 g/mol. The van der Waals surface area contributed by atoms with Crippen molar-refractivity contribution in [3.63, 3.8) is 0 Å². The van der Waals surface area contributed by atoms with Crippen molar-refractivity contribution >= 4 is 45.5 Å². The van der Waals surface area contributed by atoms with Crippen molar-refractivity contribution in [2.75, 3.05) is 19.5 Å². The van der Waals surface area contributed by atoms with E-state index in [1.165, 1.54) is 18.9 Å². The molecule has 0 saturated heterocycles. The standard InChI is InChI=1S/C18H24BrNO5S/c1-11(2)7-14(18(23)24-4)20-16(21)9-25-17(22)10-26-15-6-5-13(19)8-12(15)3/h5-6,8,11,14H,7,9-10H2,1-4H3,(H,20,21). The van der Waals surface area contributed by atoms with Crippen molar-refractivity contribution in [2.45, 2.75) is 38.1 Å². The molecule has 144 valence electrons. The number of methoxy groups -OCH3 is 1. The average Bonchev–Trinajstić information content (AvgIpc) is 2.57. The lowest BCUT2D eigenvalue weighted by atomic mass is 10.0. The van der Waals surface area contributed by atoms with Crippen LogP contribution in [0.1, 0.15) is 25.8 Å². The summed E-state index contributed by atoms with van der Waals surface area (Å²) in [6.45, 7) is 5.39. The number of thioether (sulfide) groups is 1. The van der Waals surface area contributed by atoms with Crippen LogP contribution in [0, 0.1) is 12.8 Å². The Kier molecular flexibility index (Phi) is 9.72. The van der Waals surface area contributed by atoms with Crippen molar-refractivity contribution in [2.24, 2.45) is 5.92 Å². The van der Waals surface area contributed by atoms with E-state index in [9.17, 15) is 14.4 Å². The third-order valence-corrected chi connectivity index (χ3v) is 5.02. The maximum atomic E-state index is 11.9. The van der Waals surface area contributed by atoms with Gasteiger partial charge in [0.2, 0.25) is 0 Å². The van der Waals surface area contributed by atoms with Gasteiger partial charge in [-0.2, -0.15) is 0 Å². The molecule has 0 aromatic heterocycles. The van der Waals surface area contributed by atoms with Crippen LogP contribution in [0.4, 0.5) is 0 Å². The molecule has 0 aliphatic heterocycles. The Bertz CT molecular complexity index is 650. The first-order valence-corrected chi connectivity index (χ1v) is 9.92. The van der Waals surface area contributed by atoms with Gasteiger partial charge in [0, 0.05) is 9.37 Å². The van der Waals surface area contributed by atoms with Crippen LogP contribution < -0.4 is 5.32 Å².